The van der Waals surface area contributed by atoms with Crippen molar-refractivity contribution in [3.63, 3.8) is 0 Å². The normalized spacial score (nSPS) is 11.1. The summed E-state index contributed by atoms with van der Waals surface area (Å²) < 4.78 is 0. The Hall–Kier alpha value is -2.86. The molecule has 6 aromatic rings. The molecule has 0 unspecified atom stereocenters. The van der Waals surface area contributed by atoms with E-state index in [0.717, 1.165) is 11.0 Å². The van der Waals surface area contributed by atoms with Gasteiger partial charge >= 0.3 is 20.4 Å². The van der Waals surface area contributed by atoms with Gasteiger partial charge in [-0.2, -0.15) is 4.91 Å². The van der Waals surface area contributed by atoms with E-state index in [4.69, 9.17) is 25.3 Å². The van der Waals surface area contributed by atoms with Crippen molar-refractivity contribution in [3.8, 4) is 0 Å². The molecule has 7 heteroatoms. The zero-order valence-corrected chi connectivity index (χ0v) is 28.3. The number of fused-ring (bicyclic) bond motifs is 1. The van der Waals surface area contributed by atoms with Crippen molar-refractivity contribution in [3.05, 3.63) is 163 Å². The first-order chi connectivity index (χ1) is 20.7. The van der Waals surface area contributed by atoms with E-state index in [1.165, 1.54) is 39.0 Å². The van der Waals surface area contributed by atoms with Crippen LogP contribution in [0.2, 0.25) is 0 Å². The molecule has 0 saturated heterocycles. The third-order valence-electron chi connectivity index (χ3n) is 6.63. The number of rotatable bonds is 8. The van der Waals surface area contributed by atoms with E-state index in [1.807, 2.05) is 24.3 Å². The van der Waals surface area contributed by atoms with Crippen molar-refractivity contribution < 1.29 is 20.4 Å². The van der Waals surface area contributed by atoms with Gasteiger partial charge in [0.05, 0.1) is 22.9 Å². The summed E-state index contributed by atoms with van der Waals surface area (Å²) in [5.41, 5.74) is 2.36. The Morgan fingerprint density at radius 2 is 0.884 bits per heavy atom. The fraction of sp³-hybridized carbons (Fsp3) is 0.0556. The minimum Gasteiger partial charge on any atom is -0.789 e. The Morgan fingerprint density at radius 3 is 1.26 bits per heavy atom. The van der Waals surface area contributed by atoms with Gasteiger partial charge in [-0.1, -0.05) is 133 Å². The van der Waals surface area contributed by atoms with Gasteiger partial charge in [-0.25, -0.2) is 10.4 Å². The first-order valence-electron chi connectivity index (χ1n) is 13.7. The SMILES string of the molecule is [Pd+2].[S-]/C=C(\[S-])c1cnc2ccccc2n1.c1ccc(P(CCP(c2ccccc2)c2ccccc2)c2ccccc2)cc1. The second-order valence-electron chi connectivity index (χ2n) is 9.37. The molecule has 0 amide bonds. The summed E-state index contributed by atoms with van der Waals surface area (Å²) in [5.74, 6) is 0. The average Bonchev–Trinajstić information content (AvgIpc) is 3.08. The zero-order chi connectivity index (χ0) is 29.0. The molecule has 6 rings (SSSR count). The summed E-state index contributed by atoms with van der Waals surface area (Å²) in [5, 5.41) is 7.33. The van der Waals surface area contributed by atoms with Crippen LogP contribution in [0.3, 0.4) is 0 Å². The van der Waals surface area contributed by atoms with Gasteiger partial charge in [0.1, 0.15) is 0 Å². The molecule has 43 heavy (non-hydrogen) atoms. The minimum atomic E-state index is -0.348. The van der Waals surface area contributed by atoms with Crippen molar-refractivity contribution in [2.24, 2.45) is 0 Å². The summed E-state index contributed by atoms with van der Waals surface area (Å²) >= 11 is 9.77. The fourth-order valence-electron chi connectivity index (χ4n) is 4.58. The van der Waals surface area contributed by atoms with Gasteiger partial charge in [0.25, 0.3) is 0 Å². The van der Waals surface area contributed by atoms with Gasteiger partial charge in [0.15, 0.2) is 0 Å². The average molecular weight is 723 g/mol. The molecule has 0 saturated carbocycles. The van der Waals surface area contributed by atoms with Crippen LogP contribution in [0.15, 0.2) is 157 Å². The van der Waals surface area contributed by atoms with E-state index < -0.39 is 0 Å². The van der Waals surface area contributed by atoms with Gasteiger partial charge in [-0.05, 0) is 61.5 Å². The molecule has 0 spiro atoms. The van der Waals surface area contributed by atoms with Gasteiger partial charge in [0, 0.05) is 0 Å². The van der Waals surface area contributed by atoms with Crippen LogP contribution in [-0.4, -0.2) is 22.3 Å². The first-order valence-corrected chi connectivity index (χ1v) is 17.6. The van der Waals surface area contributed by atoms with Gasteiger partial charge in [-0.3, -0.25) is 4.98 Å². The van der Waals surface area contributed by atoms with E-state index in [9.17, 15) is 0 Å². The standard InChI is InChI=1S/C26H24P2.C10H8N2S2.Pd/c1-5-13-23(14-6-1)27(24-15-7-2-8-16-24)21-22-28(25-17-9-3-10-18-25)26-19-11-4-12-20-26;13-6-10(14)9-5-11-7-3-1-2-4-8(7)12-9;/h1-20H,21-22H2;1-6,13-14H;/q;;+2/p-2/b;10-6-;. The van der Waals surface area contributed by atoms with Crippen molar-refractivity contribution in [1.82, 2.24) is 9.97 Å². The number of para-hydroxylation sites is 2. The molecule has 0 aliphatic rings. The second kappa shape index (κ2) is 17.4. The van der Waals surface area contributed by atoms with Crippen LogP contribution in [0, 0.1) is 0 Å². The van der Waals surface area contributed by atoms with E-state index in [1.54, 1.807) is 6.20 Å². The zero-order valence-electron chi connectivity index (χ0n) is 23.3. The summed E-state index contributed by atoms with van der Waals surface area (Å²) in [6.07, 6.45) is 4.06. The van der Waals surface area contributed by atoms with Gasteiger partial charge < -0.3 is 25.3 Å². The molecule has 5 aromatic carbocycles. The van der Waals surface area contributed by atoms with E-state index in [-0.39, 0.29) is 36.3 Å². The Bertz CT molecular complexity index is 1550. The molecule has 1 heterocycles. The van der Waals surface area contributed by atoms with E-state index in [0.29, 0.717) is 10.6 Å². The van der Waals surface area contributed by atoms with Gasteiger partial charge in [-0.15, -0.1) is 0 Å². The molecule has 0 fully saturated rings. The minimum absolute atomic E-state index is 0. The Morgan fingerprint density at radius 1 is 0.535 bits per heavy atom. The maximum atomic E-state index is 5.02. The number of nitrogens with zero attached hydrogens (tertiary/aromatic N) is 2. The Kier molecular flexibility index (Phi) is 13.4. The molecule has 216 valence electrons. The Labute approximate surface area is 282 Å². The van der Waals surface area contributed by atoms with Gasteiger partial charge in [0.2, 0.25) is 0 Å². The topological polar surface area (TPSA) is 25.8 Å². The van der Waals surface area contributed by atoms with Crippen molar-refractivity contribution in [2.75, 3.05) is 12.3 Å². The van der Waals surface area contributed by atoms with E-state index >= 15 is 0 Å². The summed E-state index contributed by atoms with van der Waals surface area (Å²) in [4.78, 5) is 9.13. The predicted octanol–water partition coefficient (Wildman–Crippen LogP) is 7.27. The Balaban J connectivity index is 0.000000238. The molecular formula is C36H30N2P2PdS2. The quantitative estimate of drug-likeness (QED) is 0.0939. The van der Waals surface area contributed by atoms with Crippen LogP contribution in [0.1, 0.15) is 5.69 Å². The van der Waals surface area contributed by atoms with Crippen molar-refractivity contribution in [2.45, 2.75) is 0 Å². The van der Waals surface area contributed by atoms with Crippen LogP contribution in [0.5, 0.6) is 0 Å². The molecule has 0 aliphatic heterocycles. The third-order valence-corrected chi connectivity index (χ3v) is 12.7. The maximum absolute atomic E-state index is 5.02. The number of aromatic nitrogens is 2. The van der Waals surface area contributed by atoms with Crippen LogP contribution in [-0.2, 0) is 45.7 Å². The van der Waals surface area contributed by atoms with Crippen LogP contribution >= 0.6 is 15.8 Å². The molecule has 0 bridgehead atoms. The van der Waals surface area contributed by atoms with Crippen LogP contribution < -0.4 is 21.2 Å². The molecule has 1 aromatic heterocycles. The largest absolute Gasteiger partial charge is 2.00 e. The maximum Gasteiger partial charge on any atom is 2.00 e. The summed E-state index contributed by atoms with van der Waals surface area (Å²) in [6.45, 7) is 0. The molecular weight excluding hydrogens is 693 g/mol. The monoisotopic (exact) mass is 722 g/mol. The third kappa shape index (κ3) is 9.31. The second-order valence-corrected chi connectivity index (χ2v) is 14.7. The van der Waals surface area contributed by atoms with E-state index in [2.05, 4.69) is 131 Å². The summed E-state index contributed by atoms with van der Waals surface area (Å²) in [7, 11) is -0.696. The number of hydrogen-bond donors (Lipinski definition) is 0. The number of hydrogen-bond acceptors (Lipinski definition) is 4. The van der Waals surface area contributed by atoms with Crippen molar-refractivity contribution in [1.29, 1.82) is 0 Å². The smallest absolute Gasteiger partial charge is 0.789 e. The number of benzene rings is 5. The molecule has 0 N–H and O–H groups in total. The molecule has 2 nitrogen and oxygen atoms in total. The predicted molar refractivity (Wildman–Crippen MR) is 190 cm³/mol. The first kappa shape index (κ1) is 33.0. The van der Waals surface area contributed by atoms with Crippen LogP contribution in [0.25, 0.3) is 15.9 Å². The van der Waals surface area contributed by atoms with Crippen LogP contribution in [0.4, 0.5) is 0 Å². The summed E-state index contributed by atoms with van der Waals surface area (Å²) in [6, 6.07) is 51.9. The molecule has 0 atom stereocenters. The fourth-order valence-corrected chi connectivity index (χ4v) is 10.2. The molecule has 0 radical (unpaired) electrons. The van der Waals surface area contributed by atoms with Crippen molar-refractivity contribution >= 4 is 78.3 Å². The molecule has 0 aliphatic carbocycles.